The standard InChI is InChI=1S/C16H21N5O3S/c1-2-8-25(23,24)17-9-14-15-11-20(10-13-6-4-3-5-7-13)16(22)12-21(15)19-18-14/h3-7,17H,2,8-12H2,1H3. The first-order valence-corrected chi connectivity index (χ1v) is 9.84. The Morgan fingerprint density at radius 2 is 1.96 bits per heavy atom. The third-order valence-corrected chi connectivity index (χ3v) is 5.57. The minimum atomic E-state index is -3.31. The molecule has 25 heavy (non-hydrogen) atoms. The van der Waals surface area contributed by atoms with Crippen LogP contribution < -0.4 is 4.72 Å². The highest BCUT2D eigenvalue weighted by molar-refractivity contribution is 7.89. The molecule has 1 aromatic heterocycles. The van der Waals surface area contributed by atoms with Crippen molar-refractivity contribution in [2.75, 3.05) is 5.75 Å². The Morgan fingerprint density at radius 1 is 1.20 bits per heavy atom. The topological polar surface area (TPSA) is 97.2 Å². The van der Waals surface area contributed by atoms with Crippen molar-refractivity contribution in [1.29, 1.82) is 0 Å². The monoisotopic (exact) mass is 363 g/mol. The summed E-state index contributed by atoms with van der Waals surface area (Å²) in [6, 6.07) is 9.74. The number of rotatable bonds is 7. The first-order valence-electron chi connectivity index (χ1n) is 8.19. The van der Waals surface area contributed by atoms with Crippen molar-refractivity contribution >= 4 is 15.9 Å². The first kappa shape index (κ1) is 17.6. The zero-order valence-corrected chi connectivity index (χ0v) is 14.9. The molecule has 3 rings (SSSR count). The van der Waals surface area contributed by atoms with Crippen LogP contribution in [0.1, 0.15) is 30.3 Å². The third-order valence-electron chi connectivity index (χ3n) is 4.05. The number of nitrogens with zero attached hydrogens (tertiary/aromatic N) is 4. The second kappa shape index (κ2) is 7.32. The zero-order valence-electron chi connectivity index (χ0n) is 14.1. The highest BCUT2D eigenvalue weighted by Gasteiger charge is 2.27. The van der Waals surface area contributed by atoms with Crippen LogP contribution in [0, 0.1) is 0 Å². The van der Waals surface area contributed by atoms with Crippen LogP contribution >= 0.6 is 0 Å². The Kier molecular flexibility index (Phi) is 5.14. The molecule has 1 N–H and O–H groups in total. The van der Waals surface area contributed by atoms with Gasteiger partial charge in [-0.15, -0.1) is 5.10 Å². The van der Waals surface area contributed by atoms with Gasteiger partial charge in [0.15, 0.2) is 0 Å². The number of benzene rings is 1. The maximum Gasteiger partial charge on any atom is 0.245 e. The Hall–Kier alpha value is -2.26. The molecule has 0 fully saturated rings. The van der Waals surface area contributed by atoms with E-state index in [1.807, 2.05) is 37.3 Å². The Labute approximate surface area is 146 Å². The first-order chi connectivity index (χ1) is 12.0. The lowest BCUT2D eigenvalue weighted by Crippen LogP contribution is -2.39. The summed E-state index contributed by atoms with van der Waals surface area (Å²) in [7, 11) is -3.31. The van der Waals surface area contributed by atoms with Crippen LogP contribution in [-0.4, -0.2) is 40.0 Å². The Balaban J connectivity index is 1.72. The average Bonchev–Trinajstić information content (AvgIpc) is 2.96. The van der Waals surface area contributed by atoms with Gasteiger partial charge < -0.3 is 4.90 Å². The van der Waals surface area contributed by atoms with Gasteiger partial charge in [-0.05, 0) is 12.0 Å². The highest BCUT2D eigenvalue weighted by Crippen LogP contribution is 2.18. The van der Waals surface area contributed by atoms with E-state index in [9.17, 15) is 13.2 Å². The van der Waals surface area contributed by atoms with Crippen molar-refractivity contribution in [3.8, 4) is 0 Å². The fourth-order valence-corrected chi connectivity index (χ4v) is 3.81. The lowest BCUT2D eigenvalue weighted by atomic mass is 10.2. The van der Waals surface area contributed by atoms with E-state index >= 15 is 0 Å². The van der Waals surface area contributed by atoms with Crippen LogP contribution in [0.4, 0.5) is 0 Å². The van der Waals surface area contributed by atoms with Gasteiger partial charge in [0, 0.05) is 6.54 Å². The predicted molar refractivity (Wildman–Crippen MR) is 91.6 cm³/mol. The highest BCUT2D eigenvalue weighted by atomic mass is 32.2. The van der Waals surface area contributed by atoms with E-state index in [1.165, 1.54) is 0 Å². The number of sulfonamides is 1. The van der Waals surface area contributed by atoms with Gasteiger partial charge in [-0.3, -0.25) is 4.79 Å². The molecular weight excluding hydrogens is 342 g/mol. The maximum atomic E-state index is 12.3. The summed E-state index contributed by atoms with van der Waals surface area (Å²) >= 11 is 0. The summed E-state index contributed by atoms with van der Waals surface area (Å²) in [5.74, 6) is 0.0501. The van der Waals surface area contributed by atoms with Crippen molar-refractivity contribution in [2.45, 2.75) is 39.5 Å². The molecule has 0 aliphatic carbocycles. The summed E-state index contributed by atoms with van der Waals surface area (Å²) < 4.78 is 27.7. The fourth-order valence-electron chi connectivity index (χ4n) is 2.77. The van der Waals surface area contributed by atoms with E-state index in [-0.39, 0.29) is 24.7 Å². The lowest BCUT2D eigenvalue weighted by molar-refractivity contribution is -0.135. The predicted octanol–water partition coefficient (Wildman–Crippen LogP) is 0.650. The molecule has 8 nitrogen and oxygen atoms in total. The van der Waals surface area contributed by atoms with E-state index < -0.39 is 10.0 Å². The van der Waals surface area contributed by atoms with Gasteiger partial charge >= 0.3 is 0 Å². The quantitative estimate of drug-likeness (QED) is 0.779. The van der Waals surface area contributed by atoms with Gasteiger partial charge in [-0.25, -0.2) is 17.8 Å². The number of hydrogen-bond donors (Lipinski definition) is 1. The molecule has 0 spiro atoms. The SMILES string of the molecule is CCCS(=O)(=O)NCc1nnn2c1CN(Cc1ccccc1)C(=O)C2. The molecular formula is C16H21N5O3S. The molecule has 1 amide bonds. The van der Waals surface area contributed by atoms with Gasteiger partial charge in [0.25, 0.3) is 0 Å². The van der Waals surface area contributed by atoms with E-state index in [1.54, 1.807) is 9.58 Å². The van der Waals surface area contributed by atoms with Crippen LogP contribution in [0.5, 0.6) is 0 Å². The van der Waals surface area contributed by atoms with Crippen LogP contribution in [-0.2, 0) is 41.0 Å². The number of carbonyl (C=O) groups is 1. The van der Waals surface area contributed by atoms with Crippen LogP contribution in [0.3, 0.4) is 0 Å². The summed E-state index contributed by atoms with van der Waals surface area (Å²) in [6.07, 6.45) is 0.550. The number of aromatic nitrogens is 3. The summed E-state index contributed by atoms with van der Waals surface area (Å²) in [5, 5.41) is 8.02. The zero-order chi connectivity index (χ0) is 17.9. The molecule has 0 radical (unpaired) electrons. The molecule has 0 saturated carbocycles. The molecule has 0 saturated heterocycles. The summed E-state index contributed by atoms with van der Waals surface area (Å²) in [5.41, 5.74) is 2.38. The largest absolute Gasteiger partial charge is 0.331 e. The molecule has 1 aromatic carbocycles. The molecule has 1 aliphatic heterocycles. The van der Waals surface area contributed by atoms with E-state index in [4.69, 9.17) is 0 Å². The minimum absolute atomic E-state index is 0.0284. The Morgan fingerprint density at radius 3 is 2.68 bits per heavy atom. The third kappa shape index (κ3) is 4.23. The maximum absolute atomic E-state index is 12.3. The average molecular weight is 363 g/mol. The van der Waals surface area contributed by atoms with E-state index in [0.717, 1.165) is 11.3 Å². The molecule has 134 valence electrons. The van der Waals surface area contributed by atoms with Gasteiger partial charge in [0.2, 0.25) is 15.9 Å². The molecule has 0 unspecified atom stereocenters. The van der Waals surface area contributed by atoms with E-state index in [2.05, 4.69) is 15.0 Å². The van der Waals surface area contributed by atoms with Gasteiger partial charge in [0.05, 0.1) is 24.5 Å². The number of nitrogens with one attached hydrogen (secondary N) is 1. The molecule has 1 aliphatic rings. The second-order valence-electron chi connectivity index (χ2n) is 6.02. The Bertz CT molecular complexity index is 848. The van der Waals surface area contributed by atoms with Gasteiger partial charge in [-0.1, -0.05) is 42.5 Å². The molecule has 0 bridgehead atoms. The summed E-state index contributed by atoms with van der Waals surface area (Å²) in [6.45, 7) is 2.89. The number of amides is 1. The number of carbonyl (C=O) groups excluding carboxylic acids is 1. The van der Waals surface area contributed by atoms with E-state index in [0.29, 0.717) is 25.2 Å². The van der Waals surface area contributed by atoms with Crippen LogP contribution in [0.25, 0.3) is 0 Å². The molecule has 9 heteroatoms. The van der Waals surface area contributed by atoms with Crippen LogP contribution in [0.15, 0.2) is 30.3 Å². The van der Waals surface area contributed by atoms with Crippen molar-refractivity contribution in [3.05, 3.63) is 47.3 Å². The molecule has 0 atom stereocenters. The number of hydrogen-bond acceptors (Lipinski definition) is 5. The normalized spacial score (nSPS) is 14.6. The fraction of sp³-hybridized carbons (Fsp3) is 0.438. The second-order valence-corrected chi connectivity index (χ2v) is 7.94. The van der Waals surface area contributed by atoms with Crippen molar-refractivity contribution in [1.82, 2.24) is 24.6 Å². The molecule has 2 aromatic rings. The summed E-state index contributed by atoms with van der Waals surface area (Å²) in [4.78, 5) is 14.0. The van der Waals surface area contributed by atoms with Crippen LogP contribution in [0.2, 0.25) is 0 Å². The van der Waals surface area contributed by atoms with Crippen molar-refractivity contribution in [2.24, 2.45) is 0 Å². The van der Waals surface area contributed by atoms with Gasteiger partial charge in [0.1, 0.15) is 12.2 Å². The minimum Gasteiger partial charge on any atom is -0.331 e. The van der Waals surface area contributed by atoms with Crippen molar-refractivity contribution < 1.29 is 13.2 Å². The lowest BCUT2D eigenvalue weighted by Gasteiger charge is -2.27. The molecule has 2 heterocycles. The van der Waals surface area contributed by atoms with Gasteiger partial charge in [-0.2, -0.15) is 0 Å². The smallest absolute Gasteiger partial charge is 0.245 e. The number of fused-ring (bicyclic) bond motifs is 1. The van der Waals surface area contributed by atoms with Crippen molar-refractivity contribution in [3.63, 3.8) is 0 Å².